The number of nitrogens with one attached hydrogen (secondary N) is 2. The average Bonchev–Trinajstić information content (AvgIpc) is 2.80. The number of rotatable bonds is 11. The summed E-state index contributed by atoms with van der Waals surface area (Å²) in [7, 11) is -4.04. The summed E-state index contributed by atoms with van der Waals surface area (Å²) in [5, 5.41) is 32.9. The van der Waals surface area contributed by atoms with Crippen LogP contribution in [0, 0.1) is 5.82 Å². The largest absolute Gasteiger partial charge is 0.506 e. The Morgan fingerprint density at radius 2 is 1.71 bits per heavy atom. The number of anilines is 1. The Morgan fingerprint density at radius 1 is 1.00 bits per heavy atom. The van der Waals surface area contributed by atoms with E-state index in [1.54, 1.807) is 24.3 Å². The highest BCUT2D eigenvalue weighted by Crippen LogP contribution is 2.28. The van der Waals surface area contributed by atoms with Crippen molar-refractivity contribution in [2.24, 2.45) is 0 Å². The molecule has 0 saturated heterocycles. The van der Waals surface area contributed by atoms with E-state index in [0.29, 0.717) is 24.3 Å². The number of sulfonamides is 1. The third-order valence-corrected chi connectivity index (χ3v) is 6.40. The molecule has 0 fully saturated rings. The summed E-state index contributed by atoms with van der Waals surface area (Å²) in [6.07, 6.45) is 0.0333. The molecule has 0 heterocycles. The Balaban J connectivity index is 1.63. The van der Waals surface area contributed by atoms with Crippen LogP contribution in [-0.4, -0.2) is 49.0 Å². The van der Waals surface area contributed by atoms with Crippen LogP contribution in [-0.2, 0) is 16.4 Å². The SMILES string of the molecule is C[C@@H](CN[C@H](CO)Cc1ccc(O)c(NS(=O)(=O)c2ccc(F)cc2)c1)Oc1ccccc1O. The molecule has 0 spiro atoms. The lowest BCUT2D eigenvalue weighted by atomic mass is 10.1. The van der Waals surface area contributed by atoms with E-state index in [1.807, 2.05) is 6.92 Å². The topological polar surface area (TPSA) is 128 Å². The first-order valence-corrected chi connectivity index (χ1v) is 12.1. The van der Waals surface area contributed by atoms with Gasteiger partial charge in [0.1, 0.15) is 17.7 Å². The predicted octanol–water partition coefficient (Wildman–Crippen LogP) is 3.00. The van der Waals surface area contributed by atoms with Gasteiger partial charge in [-0.3, -0.25) is 4.72 Å². The third-order valence-electron chi connectivity index (χ3n) is 5.02. The van der Waals surface area contributed by atoms with Crippen molar-refractivity contribution in [2.45, 2.75) is 30.4 Å². The number of aromatic hydroxyl groups is 2. The van der Waals surface area contributed by atoms with Crippen LogP contribution in [0.1, 0.15) is 12.5 Å². The number of hydrogen-bond acceptors (Lipinski definition) is 7. The number of para-hydroxylation sites is 2. The highest BCUT2D eigenvalue weighted by Gasteiger charge is 2.18. The van der Waals surface area contributed by atoms with Gasteiger partial charge >= 0.3 is 0 Å². The van der Waals surface area contributed by atoms with Crippen LogP contribution >= 0.6 is 0 Å². The lowest BCUT2D eigenvalue weighted by Gasteiger charge is -2.21. The number of phenolic OH excluding ortho intramolecular Hbond substituents is 2. The van der Waals surface area contributed by atoms with Crippen molar-refractivity contribution >= 4 is 15.7 Å². The molecule has 0 aliphatic heterocycles. The minimum Gasteiger partial charge on any atom is -0.506 e. The Morgan fingerprint density at radius 3 is 2.38 bits per heavy atom. The number of halogens is 1. The highest BCUT2D eigenvalue weighted by atomic mass is 32.2. The van der Waals surface area contributed by atoms with E-state index in [0.717, 1.165) is 24.3 Å². The Bertz CT molecular complexity index is 1200. The fourth-order valence-corrected chi connectivity index (χ4v) is 4.31. The summed E-state index contributed by atoms with van der Waals surface area (Å²) in [6.45, 7) is 2.00. The number of aliphatic hydroxyl groups is 1. The van der Waals surface area contributed by atoms with Crippen molar-refractivity contribution in [1.29, 1.82) is 0 Å². The molecule has 0 aliphatic carbocycles. The fourth-order valence-electron chi connectivity index (χ4n) is 3.24. The number of ether oxygens (including phenoxy) is 1. The molecule has 0 aromatic heterocycles. The van der Waals surface area contributed by atoms with Crippen molar-refractivity contribution in [3.63, 3.8) is 0 Å². The van der Waals surface area contributed by atoms with Crippen molar-refractivity contribution < 1.29 is 32.9 Å². The minimum atomic E-state index is -4.04. The molecule has 0 amide bonds. The van der Waals surface area contributed by atoms with Crippen LogP contribution < -0.4 is 14.8 Å². The lowest BCUT2D eigenvalue weighted by molar-refractivity contribution is 0.186. The van der Waals surface area contributed by atoms with E-state index in [-0.39, 0.29) is 40.8 Å². The quantitative estimate of drug-likeness (QED) is 0.261. The van der Waals surface area contributed by atoms with E-state index in [2.05, 4.69) is 10.0 Å². The normalized spacial score (nSPS) is 13.3. The molecule has 0 bridgehead atoms. The molecule has 3 aromatic carbocycles. The zero-order valence-corrected chi connectivity index (χ0v) is 19.3. The molecule has 3 rings (SSSR count). The zero-order valence-electron chi connectivity index (χ0n) is 18.5. The summed E-state index contributed by atoms with van der Waals surface area (Å²) in [6, 6.07) is 15.0. The van der Waals surface area contributed by atoms with Crippen LogP contribution in [0.5, 0.6) is 17.2 Å². The zero-order chi connectivity index (χ0) is 24.7. The van der Waals surface area contributed by atoms with Crippen LogP contribution in [0.2, 0.25) is 0 Å². The molecule has 0 unspecified atom stereocenters. The van der Waals surface area contributed by atoms with Gasteiger partial charge in [0.15, 0.2) is 11.5 Å². The molecule has 8 nitrogen and oxygen atoms in total. The molecule has 5 N–H and O–H groups in total. The maximum Gasteiger partial charge on any atom is 0.262 e. The summed E-state index contributed by atoms with van der Waals surface area (Å²) in [4.78, 5) is -0.146. The number of aliphatic hydroxyl groups excluding tert-OH is 1. The molecule has 0 aliphatic rings. The van der Waals surface area contributed by atoms with Gasteiger partial charge in [0.05, 0.1) is 17.2 Å². The van der Waals surface area contributed by atoms with E-state index < -0.39 is 15.8 Å². The van der Waals surface area contributed by atoms with E-state index >= 15 is 0 Å². The van der Waals surface area contributed by atoms with Crippen LogP contribution in [0.25, 0.3) is 0 Å². The number of phenols is 2. The molecular weight excluding hydrogens is 463 g/mol. The Labute approximate surface area is 197 Å². The third kappa shape index (κ3) is 6.83. The summed E-state index contributed by atoms with van der Waals surface area (Å²) < 4.78 is 46.3. The molecule has 182 valence electrons. The van der Waals surface area contributed by atoms with Gasteiger partial charge in [0.25, 0.3) is 10.0 Å². The second-order valence-electron chi connectivity index (χ2n) is 7.80. The Hall–Kier alpha value is -3.34. The first-order chi connectivity index (χ1) is 16.2. The van der Waals surface area contributed by atoms with Crippen molar-refractivity contribution in [2.75, 3.05) is 17.9 Å². The van der Waals surface area contributed by atoms with E-state index in [1.165, 1.54) is 18.2 Å². The predicted molar refractivity (Wildman–Crippen MR) is 126 cm³/mol. The van der Waals surface area contributed by atoms with Crippen LogP contribution in [0.4, 0.5) is 10.1 Å². The highest BCUT2D eigenvalue weighted by molar-refractivity contribution is 7.92. The van der Waals surface area contributed by atoms with Crippen molar-refractivity contribution in [3.8, 4) is 17.2 Å². The summed E-state index contributed by atoms with van der Waals surface area (Å²) in [5.41, 5.74) is 0.630. The molecule has 2 atom stereocenters. The lowest BCUT2D eigenvalue weighted by Crippen LogP contribution is -2.40. The first-order valence-electron chi connectivity index (χ1n) is 10.6. The van der Waals surface area contributed by atoms with Gasteiger partial charge in [-0.2, -0.15) is 0 Å². The molecular formula is C24H27FN2O6S. The second-order valence-corrected chi connectivity index (χ2v) is 9.48. The summed E-state index contributed by atoms with van der Waals surface area (Å²) >= 11 is 0. The number of hydrogen-bond donors (Lipinski definition) is 5. The fraction of sp³-hybridized carbons (Fsp3) is 0.250. The molecule has 3 aromatic rings. The molecule has 34 heavy (non-hydrogen) atoms. The van der Waals surface area contributed by atoms with Gasteiger partial charge < -0.3 is 25.4 Å². The van der Waals surface area contributed by atoms with Crippen LogP contribution in [0.3, 0.4) is 0 Å². The van der Waals surface area contributed by atoms with Crippen molar-refractivity contribution in [1.82, 2.24) is 5.32 Å². The van der Waals surface area contributed by atoms with Gasteiger partial charge in [0, 0.05) is 12.6 Å². The van der Waals surface area contributed by atoms with Crippen molar-refractivity contribution in [3.05, 3.63) is 78.1 Å². The van der Waals surface area contributed by atoms with Gasteiger partial charge in [-0.1, -0.05) is 18.2 Å². The monoisotopic (exact) mass is 490 g/mol. The molecule has 0 radical (unpaired) electrons. The van der Waals surface area contributed by atoms with Crippen LogP contribution in [0.15, 0.2) is 71.6 Å². The standard InChI is InChI=1S/C24H27FN2O6S/c1-16(33-24-5-3-2-4-23(24)30)14-26-19(15-28)12-17-6-11-22(29)21(13-17)27-34(31,32)20-9-7-18(25)8-10-20/h2-11,13,16,19,26-30H,12,14-15H2,1H3/t16-,19-/m0/s1. The van der Waals surface area contributed by atoms with Gasteiger partial charge in [0.2, 0.25) is 0 Å². The smallest absolute Gasteiger partial charge is 0.262 e. The Kier molecular flexibility index (Phi) is 8.32. The maximum atomic E-state index is 13.1. The average molecular weight is 491 g/mol. The molecule has 0 saturated carbocycles. The second kappa shape index (κ2) is 11.2. The number of benzene rings is 3. The van der Waals surface area contributed by atoms with Gasteiger partial charge in [-0.05, 0) is 67.4 Å². The maximum absolute atomic E-state index is 13.1. The van der Waals surface area contributed by atoms with E-state index in [9.17, 15) is 28.1 Å². The van der Waals surface area contributed by atoms with Gasteiger partial charge in [-0.15, -0.1) is 0 Å². The van der Waals surface area contributed by atoms with Gasteiger partial charge in [-0.25, -0.2) is 12.8 Å². The summed E-state index contributed by atoms with van der Waals surface area (Å²) in [5.74, 6) is -0.444. The van der Waals surface area contributed by atoms with E-state index in [4.69, 9.17) is 4.74 Å². The molecule has 10 heteroatoms. The minimum absolute atomic E-state index is 0.0326. The first kappa shape index (κ1) is 25.3.